The topological polar surface area (TPSA) is 95.1 Å². The number of hydrogen-bond acceptors (Lipinski definition) is 5. The molecule has 1 aromatic heterocycles. The first kappa shape index (κ1) is 14.0. The van der Waals surface area contributed by atoms with E-state index in [9.17, 15) is 8.42 Å². The first-order chi connectivity index (χ1) is 9.46. The molecule has 2 aromatic rings. The fourth-order valence-corrected chi connectivity index (χ4v) is 2.16. The predicted molar refractivity (Wildman–Crippen MR) is 75.7 cm³/mol. The zero-order chi connectivity index (χ0) is 14.6. The molecule has 0 saturated heterocycles. The van der Waals surface area contributed by atoms with Crippen molar-refractivity contribution in [1.29, 1.82) is 5.26 Å². The van der Waals surface area contributed by atoms with Gasteiger partial charge < -0.3 is 9.73 Å². The Balaban J connectivity index is 1.95. The number of rotatable bonds is 5. The predicted octanol–water partition coefficient (Wildman–Crippen LogP) is 2.13. The first-order valence-corrected chi connectivity index (χ1v) is 7.66. The van der Waals surface area contributed by atoms with Crippen LogP contribution in [0.2, 0.25) is 0 Å². The third-order valence-corrected chi connectivity index (χ3v) is 3.03. The Bertz CT molecular complexity index is 727. The van der Waals surface area contributed by atoms with Crippen molar-refractivity contribution in [3.8, 4) is 6.07 Å². The lowest BCUT2D eigenvalue weighted by atomic mass is 10.3. The Morgan fingerprint density at radius 3 is 2.35 bits per heavy atom. The van der Waals surface area contributed by atoms with Crippen LogP contribution in [-0.4, -0.2) is 14.7 Å². The molecule has 0 spiro atoms. The van der Waals surface area contributed by atoms with Crippen LogP contribution >= 0.6 is 0 Å². The number of nitrogens with zero attached hydrogens (tertiary/aromatic N) is 1. The van der Waals surface area contributed by atoms with Crippen molar-refractivity contribution in [3.63, 3.8) is 0 Å². The molecule has 1 aromatic carbocycles. The second kappa shape index (κ2) is 5.67. The SMILES string of the molecule is CS(=O)(=O)Nc1ccc(NCc2ccc(C#N)o2)cc1. The maximum Gasteiger partial charge on any atom is 0.229 e. The molecule has 0 amide bonds. The molecule has 20 heavy (non-hydrogen) atoms. The lowest BCUT2D eigenvalue weighted by Gasteiger charge is -2.07. The Hall–Kier alpha value is -2.46. The van der Waals surface area contributed by atoms with Gasteiger partial charge in [-0.15, -0.1) is 0 Å². The second-order valence-corrected chi connectivity index (χ2v) is 5.93. The molecule has 0 aliphatic rings. The molecule has 2 N–H and O–H groups in total. The molecule has 0 saturated carbocycles. The molecule has 0 atom stereocenters. The highest BCUT2D eigenvalue weighted by molar-refractivity contribution is 7.92. The fourth-order valence-electron chi connectivity index (χ4n) is 1.59. The van der Waals surface area contributed by atoms with Gasteiger partial charge in [0.15, 0.2) is 0 Å². The zero-order valence-electron chi connectivity index (χ0n) is 10.8. The molecule has 0 fully saturated rings. The molecule has 7 heteroatoms. The molecule has 1 heterocycles. The van der Waals surface area contributed by atoms with Crippen LogP contribution in [0.3, 0.4) is 0 Å². The van der Waals surface area contributed by atoms with E-state index in [2.05, 4.69) is 10.0 Å². The molecule has 104 valence electrons. The molecule has 0 aliphatic carbocycles. The van der Waals surface area contributed by atoms with E-state index in [0.29, 0.717) is 18.0 Å². The van der Waals surface area contributed by atoms with Crippen molar-refractivity contribution in [2.45, 2.75) is 6.54 Å². The van der Waals surface area contributed by atoms with Crippen molar-refractivity contribution in [3.05, 3.63) is 47.9 Å². The average molecular weight is 291 g/mol. The van der Waals surface area contributed by atoms with Gasteiger partial charge in [0.05, 0.1) is 12.8 Å². The monoisotopic (exact) mass is 291 g/mol. The molecular formula is C13H13N3O3S. The van der Waals surface area contributed by atoms with Crippen LogP contribution in [0.25, 0.3) is 0 Å². The van der Waals surface area contributed by atoms with Gasteiger partial charge in [-0.05, 0) is 36.4 Å². The highest BCUT2D eigenvalue weighted by Gasteiger charge is 2.03. The van der Waals surface area contributed by atoms with Gasteiger partial charge in [-0.2, -0.15) is 5.26 Å². The number of nitrogens with one attached hydrogen (secondary N) is 2. The van der Waals surface area contributed by atoms with Gasteiger partial charge in [-0.3, -0.25) is 4.72 Å². The minimum Gasteiger partial charge on any atom is -0.449 e. The van der Waals surface area contributed by atoms with Crippen LogP contribution in [-0.2, 0) is 16.6 Å². The van der Waals surface area contributed by atoms with Crippen LogP contribution in [0.15, 0.2) is 40.8 Å². The molecule has 0 bridgehead atoms. The van der Waals surface area contributed by atoms with Crippen molar-refractivity contribution in [1.82, 2.24) is 0 Å². The van der Waals surface area contributed by atoms with E-state index in [1.807, 2.05) is 6.07 Å². The lowest BCUT2D eigenvalue weighted by molar-refractivity contribution is 0.506. The van der Waals surface area contributed by atoms with E-state index < -0.39 is 10.0 Å². The van der Waals surface area contributed by atoms with E-state index >= 15 is 0 Å². The van der Waals surface area contributed by atoms with Crippen molar-refractivity contribution in [2.24, 2.45) is 0 Å². The lowest BCUT2D eigenvalue weighted by Crippen LogP contribution is -2.09. The van der Waals surface area contributed by atoms with E-state index in [1.165, 1.54) is 0 Å². The smallest absolute Gasteiger partial charge is 0.229 e. The number of furan rings is 1. The summed E-state index contributed by atoms with van der Waals surface area (Å²) < 4.78 is 29.7. The molecule has 6 nitrogen and oxygen atoms in total. The number of sulfonamides is 1. The standard InChI is InChI=1S/C13H13N3O3S/c1-20(17,18)16-11-4-2-10(3-5-11)15-9-13-7-6-12(8-14)19-13/h2-7,15-16H,9H2,1H3. The molecule has 0 aliphatic heterocycles. The highest BCUT2D eigenvalue weighted by atomic mass is 32.2. The van der Waals surface area contributed by atoms with Crippen LogP contribution in [0.4, 0.5) is 11.4 Å². The quantitative estimate of drug-likeness (QED) is 0.880. The summed E-state index contributed by atoms with van der Waals surface area (Å²) >= 11 is 0. The maximum absolute atomic E-state index is 11.1. The van der Waals surface area contributed by atoms with E-state index in [0.717, 1.165) is 11.9 Å². The van der Waals surface area contributed by atoms with Gasteiger partial charge in [0, 0.05) is 11.4 Å². The summed E-state index contributed by atoms with van der Waals surface area (Å²) in [6.45, 7) is 0.445. The van der Waals surface area contributed by atoms with Gasteiger partial charge in [0.1, 0.15) is 11.8 Å². The summed E-state index contributed by atoms with van der Waals surface area (Å²) in [5.74, 6) is 0.925. The van der Waals surface area contributed by atoms with E-state index in [1.54, 1.807) is 36.4 Å². The van der Waals surface area contributed by atoms with Gasteiger partial charge in [0.2, 0.25) is 15.8 Å². The summed E-state index contributed by atoms with van der Waals surface area (Å²) in [6.07, 6.45) is 1.10. The Morgan fingerprint density at radius 2 is 1.80 bits per heavy atom. The van der Waals surface area contributed by atoms with Gasteiger partial charge in [-0.1, -0.05) is 0 Å². The largest absolute Gasteiger partial charge is 0.449 e. The number of benzene rings is 1. The normalized spacial score (nSPS) is 10.8. The van der Waals surface area contributed by atoms with Gasteiger partial charge in [-0.25, -0.2) is 8.42 Å². The van der Waals surface area contributed by atoms with Crippen LogP contribution in [0.5, 0.6) is 0 Å². The van der Waals surface area contributed by atoms with Crippen LogP contribution < -0.4 is 10.0 Å². The molecular weight excluding hydrogens is 278 g/mol. The third kappa shape index (κ3) is 4.03. The zero-order valence-corrected chi connectivity index (χ0v) is 11.6. The van der Waals surface area contributed by atoms with Crippen molar-refractivity contribution < 1.29 is 12.8 Å². The second-order valence-electron chi connectivity index (χ2n) is 4.18. The summed E-state index contributed by atoms with van der Waals surface area (Å²) in [5, 5.41) is 11.7. The minimum atomic E-state index is -3.26. The van der Waals surface area contributed by atoms with E-state index in [-0.39, 0.29) is 5.76 Å². The van der Waals surface area contributed by atoms with Crippen LogP contribution in [0.1, 0.15) is 11.5 Å². The molecule has 0 radical (unpaired) electrons. The minimum absolute atomic E-state index is 0.273. The Morgan fingerprint density at radius 1 is 1.15 bits per heavy atom. The van der Waals surface area contributed by atoms with E-state index in [4.69, 9.17) is 9.68 Å². The summed E-state index contributed by atoms with van der Waals surface area (Å²) in [5.41, 5.74) is 1.32. The summed E-state index contributed by atoms with van der Waals surface area (Å²) in [7, 11) is -3.26. The van der Waals surface area contributed by atoms with Gasteiger partial charge >= 0.3 is 0 Å². The van der Waals surface area contributed by atoms with Crippen LogP contribution in [0, 0.1) is 11.3 Å². The Labute approximate surface area is 117 Å². The summed E-state index contributed by atoms with van der Waals surface area (Å²) in [6, 6.07) is 12.1. The van der Waals surface area contributed by atoms with Gasteiger partial charge in [0.25, 0.3) is 0 Å². The highest BCUT2D eigenvalue weighted by Crippen LogP contribution is 2.16. The fraction of sp³-hybridized carbons (Fsp3) is 0.154. The number of nitriles is 1. The van der Waals surface area contributed by atoms with Crippen molar-refractivity contribution in [2.75, 3.05) is 16.3 Å². The molecule has 2 rings (SSSR count). The Kier molecular flexibility index (Phi) is 3.96. The maximum atomic E-state index is 11.1. The third-order valence-electron chi connectivity index (χ3n) is 2.43. The average Bonchev–Trinajstić information content (AvgIpc) is 2.84. The number of hydrogen-bond donors (Lipinski definition) is 2. The summed E-state index contributed by atoms with van der Waals surface area (Å²) in [4.78, 5) is 0. The number of anilines is 2. The molecule has 0 unspecified atom stereocenters. The first-order valence-electron chi connectivity index (χ1n) is 5.77. The van der Waals surface area contributed by atoms with Crippen molar-refractivity contribution >= 4 is 21.4 Å².